The number of methoxy groups -OCH3 is 2. The number of nitrogens with zero attached hydrogens (tertiary/aromatic N) is 4. The van der Waals surface area contributed by atoms with Crippen molar-refractivity contribution in [1.29, 1.82) is 0 Å². The van der Waals surface area contributed by atoms with E-state index in [0.29, 0.717) is 25.4 Å². The van der Waals surface area contributed by atoms with Gasteiger partial charge in [-0.3, -0.25) is 19.1 Å². The molecular weight excluding hydrogens is 538 g/mol. The Morgan fingerprint density at radius 1 is 1.17 bits per heavy atom. The fourth-order valence-corrected chi connectivity index (χ4v) is 5.18. The van der Waals surface area contributed by atoms with Crippen molar-refractivity contribution in [2.24, 2.45) is 5.92 Å². The van der Waals surface area contributed by atoms with Crippen molar-refractivity contribution in [1.82, 2.24) is 25.0 Å². The third-order valence-corrected chi connectivity index (χ3v) is 7.49. The average molecular weight is 569 g/mol. The largest absolute Gasteiger partial charge is 0.494 e. The molecule has 1 unspecified atom stereocenters. The summed E-state index contributed by atoms with van der Waals surface area (Å²) in [5, 5.41) is 7.43. The van der Waals surface area contributed by atoms with Crippen LogP contribution < -0.4 is 20.5 Å². The second-order valence-electron chi connectivity index (χ2n) is 10.2. The van der Waals surface area contributed by atoms with Gasteiger partial charge in [0.25, 0.3) is 5.91 Å². The second-order valence-corrected chi connectivity index (χ2v) is 10.2. The summed E-state index contributed by atoms with van der Waals surface area (Å²) in [4.78, 5) is 44.5. The minimum Gasteiger partial charge on any atom is -0.494 e. The molecule has 2 aromatic heterocycles. The van der Waals surface area contributed by atoms with Crippen molar-refractivity contribution in [3.05, 3.63) is 41.6 Å². The number of nitrogens with one attached hydrogen (secondary N) is 1. The van der Waals surface area contributed by atoms with E-state index in [1.807, 2.05) is 0 Å². The van der Waals surface area contributed by atoms with Crippen LogP contribution in [-0.2, 0) is 4.79 Å². The molecule has 1 saturated carbocycles. The van der Waals surface area contributed by atoms with E-state index in [4.69, 9.17) is 15.2 Å². The number of fused-ring (bicyclic) bond motifs is 1. The first-order valence-corrected chi connectivity index (χ1v) is 13.1. The Hall–Kier alpha value is -4.55. The summed E-state index contributed by atoms with van der Waals surface area (Å²) >= 11 is 0. The first-order chi connectivity index (χ1) is 19.6. The Labute approximate surface area is 234 Å². The van der Waals surface area contributed by atoms with E-state index >= 15 is 8.78 Å². The number of pyridine rings is 1. The average Bonchev–Trinajstić information content (AvgIpc) is 3.51. The first kappa shape index (κ1) is 28.0. The number of hydrogen-bond donors (Lipinski definition) is 2. The number of carbonyl (C=O) groups is 3. The van der Waals surface area contributed by atoms with Gasteiger partial charge in [0.15, 0.2) is 28.9 Å². The van der Waals surface area contributed by atoms with Gasteiger partial charge < -0.3 is 25.4 Å². The third kappa shape index (κ3) is 4.85. The van der Waals surface area contributed by atoms with Crippen LogP contribution in [0, 0.1) is 17.6 Å². The lowest BCUT2D eigenvalue weighted by molar-refractivity contribution is -0.125. The maximum absolute atomic E-state index is 15.8. The number of amides is 2. The van der Waals surface area contributed by atoms with E-state index in [0.717, 1.165) is 18.9 Å². The van der Waals surface area contributed by atoms with Gasteiger partial charge in [-0.15, -0.1) is 0 Å². The smallest absolute Gasteiger partial charge is 0.255 e. The quantitative estimate of drug-likeness (QED) is 0.296. The number of likely N-dealkylation sites (tertiary alicyclic amines) is 1. The number of aromatic nitrogens is 3. The summed E-state index contributed by atoms with van der Waals surface area (Å²) in [7, 11) is 2.44. The highest BCUT2D eigenvalue weighted by Gasteiger charge is 2.36. The molecule has 5 rings (SSSR count). The van der Waals surface area contributed by atoms with Gasteiger partial charge in [-0.05, 0) is 31.3 Å². The van der Waals surface area contributed by atoms with Gasteiger partial charge in [0, 0.05) is 32.6 Å². The molecule has 11 nitrogen and oxygen atoms in total. The summed E-state index contributed by atoms with van der Waals surface area (Å²) in [6.45, 7) is 5.70. The molecule has 1 aromatic carbocycles. The van der Waals surface area contributed by atoms with Gasteiger partial charge in [0.2, 0.25) is 5.91 Å². The highest BCUT2D eigenvalue weighted by molar-refractivity contribution is 6.17. The fraction of sp³-hybridized carbons (Fsp3) is 0.393. The van der Waals surface area contributed by atoms with Gasteiger partial charge >= 0.3 is 0 Å². The number of ketones is 1. The Kier molecular flexibility index (Phi) is 7.37. The molecule has 3 aromatic rings. The summed E-state index contributed by atoms with van der Waals surface area (Å²) in [5.74, 6) is -4.08. The molecular formula is C28H30F2N6O5. The molecule has 1 aliphatic carbocycles. The van der Waals surface area contributed by atoms with E-state index in [2.05, 4.69) is 22.0 Å². The lowest BCUT2D eigenvalue weighted by Crippen LogP contribution is -2.29. The van der Waals surface area contributed by atoms with Crippen LogP contribution in [0.15, 0.2) is 18.7 Å². The number of anilines is 1. The van der Waals surface area contributed by atoms with E-state index < -0.39 is 34.9 Å². The maximum Gasteiger partial charge on any atom is 0.255 e. The van der Waals surface area contributed by atoms with Crippen LogP contribution in [-0.4, -0.2) is 71.1 Å². The Bertz CT molecular complexity index is 1570. The number of nitrogen functional groups attached to an aromatic ring is 1. The number of ether oxygens (including phenoxy) is 2. The molecule has 0 radical (unpaired) electrons. The molecule has 3 heterocycles. The van der Waals surface area contributed by atoms with E-state index in [1.54, 1.807) is 4.90 Å². The minimum absolute atomic E-state index is 0.0202. The highest BCUT2D eigenvalue weighted by Crippen LogP contribution is 2.43. The van der Waals surface area contributed by atoms with Crippen LogP contribution in [0.2, 0.25) is 0 Å². The van der Waals surface area contributed by atoms with Crippen molar-refractivity contribution < 1.29 is 32.6 Å². The van der Waals surface area contributed by atoms with Crippen LogP contribution in [0.3, 0.4) is 0 Å². The van der Waals surface area contributed by atoms with E-state index in [1.165, 1.54) is 31.9 Å². The van der Waals surface area contributed by atoms with Gasteiger partial charge in [-0.1, -0.05) is 6.58 Å². The van der Waals surface area contributed by atoms with E-state index in [9.17, 15) is 14.4 Å². The zero-order valence-corrected chi connectivity index (χ0v) is 22.9. The summed E-state index contributed by atoms with van der Waals surface area (Å²) in [6, 6.07) is 0.542. The van der Waals surface area contributed by atoms with Crippen LogP contribution in [0.5, 0.6) is 11.5 Å². The number of hydrogen-bond acceptors (Lipinski definition) is 8. The molecule has 2 aliphatic rings. The topological polar surface area (TPSA) is 142 Å². The molecule has 41 heavy (non-hydrogen) atoms. The van der Waals surface area contributed by atoms with Gasteiger partial charge in [0.05, 0.1) is 42.3 Å². The Balaban J connectivity index is 1.84. The molecule has 3 N–H and O–H groups in total. The lowest BCUT2D eigenvalue weighted by atomic mass is 10.0. The van der Waals surface area contributed by atoms with Crippen molar-refractivity contribution in [3.8, 4) is 22.8 Å². The van der Waals surface area contributed by atoms with Gasteiger partial charge in [-0.25, -0.2) is 13.8 Å². The van der Waals surface area contributed by atoms with Crippen LogP contribution in [0.1, 0.15) is 53.1 Å². The number of Topliss-reactive ketones (excluding diaryl/α,β-unsaturated/α-hetero) is 1. The second kappa shape index (κ2) is 10.8. The molecule has 2 amide bonds. The van der Waals surface area contributed by atoms with E-state index in [-0.39, 0.29) is 57.6 Å². The molecule has 13 heteroatoms. The normalized spacial score (nSPS) is 16.6. The van der Waals surface area contributed by atoms with Crippen molar-refractivity contribution in [2.45, 2.75) is 32.2 Å². The van der Waals surface area contributed by atoms with Gasteiger partial charge in [-0.2, -0.15) is 5.10 Å². The number of halogens is 2. The third-order valence-electron chi connectivity index (χ3n) is 7.49. The highest BCUT2D eigenvalue weighted by atomic mass is 19.1. The van der Waals surface area contributed by atoms with Crippen LogP contribution >= 0.6 is 0 Å². The van der Waals surface area contributed by atoms with Crippen LogP contribution in [0.4, 0.5) is 14.6 Å². The summed E-state index contributed by atoms with van der Waals surface area (Å²) in [5.41, 5.74) is 5.28. The molecule has 1 atom stereocenters. The van der Waals surface area contributed by atoms with Crippen molar-refractivity contribution >= 4 is 34.3 Å². The Morgan fingerprint density at radius 2 is 1.83 bits per heavy atom. The number of carbonyl (C=O) groups excluding carboxylic acids is 3. The fourth-order valence-electron chi connectivity index (χ4n) is 5.18. The number of benzene rings is 1. The number of nitrogens with two attached hydrogens (primary N) is 1. The van der Waals surface area contributed by atoms with Crippen LogP contribution in [0.25, 0.3) is 22.2 Å². The van der Waals surface area contributed by atoms with Gasteiger partial charge in [0.1, 0.15) is 17.2 Å². The molecule has 0 spiro atoms. The maximum atomic E-state index is 15.8. The number of rotatable bonds is 9. The molecule has 2 fully saturated rings. The zero-order valence-electron chi connectivity index (χ0n) is 22.9. The molecule has 1 saturated heterocycles. The van der Waals surface area contributed by atoms with Crippen molar-refractivity contribution in [2.75, 3.05) is 39.6 Å². The monoisotopic (exact) mass is 568 g/mol. The first-order valence-electron chi connectivity index (χ1n) is 13.1. The summed E-state index contributed by atoms with van der Waals surface area (Å²) in [6.07, 6.45) is 3.54. The predicted octanol–water partition coefficient (Wildman–Crippen LogP) is 3.28. The molecule has 216 valence electrons. The Morgan fingerprint density at radius 3 is 2.39 bits per heavy atom. The predicted molar refractivity (Wildman–Crippen MR) is 146 cm³/mol. The molecule has 1 aliphatic heterocycles. The minimum atomic E-state index is -1.07. The zero-order chi connectivity index (χ0) is 29.6. The SMILES string of the molecule is C=CC(=O)N1CCC(n2nc(-c3c(F)c(OC)cc(OC)c3F)c3c(N)nc(C(C)=O)c(C(=O)NCC4CC4)c32)C1. The summed E-state index contributed by atoms with van der Waals surface area (Å²) < 4.78 is 43.1. The molecule has 0 bridgehead atoms. The lowest BCUT2D eigenvalue weighted by Gasteiger charge is -2.17. The standard InChI is InChI=1S/C28H30F2N6O5/c1-5-18(38)35-9-8-15(12-35)36-26-20(25(34-36)19-22(29)16(40-3)10-17(41-4)23(19)30)27(31)33-24(13(2)37)21(26)28(39)32-11-14-6-7-14/h5,10,14-15H,1,6-9,11-12H2,2-4H3,(H2,31,33)(H,32,39). The van der Waals surface area contributed by atoms with Crippen molar-refractivity contribution in [3.63, 3.8) is 0 Å².